The van der Waals surface area contributed by atoms with Crippen LogP contribution >= 0.6 is 0 Å². The predicted molar refractivity (Wildman–Crippen MR) is 38.8 cm³/mol. The average molecular weight is 142 g/mol. The van der Waals surface area contributed by atoms with Crippen LogP contribution in [0, 0.1) is 11.8 Å². The highest BCUT2D eigenvalue weighted by Crippen LogP contribution is 2.32. The van der Waals surface area contributed by atoms with Gasteiger partial charge in [-0.05, 0) is 24.7 Å². The van der Waals surface area contributed by atoms with E-state index in [1.54, 1.807) is 0 Å². The Bertz CT molecular complexity index is 131. The summed E-state index contributed by atoms with van der Waals surface area (Å²) in [6.45, 7) is 2.20. The highest BCUT2D eigenvalue weighted by Gasteiger charge is 2.22. The lowest BCUT2D eigenvalue weighted by Crippen LogP contribution is -2.03. The molecular formula is C8H14O2. The van der Waals surface area contributed by atoms with E-state index >= 15 is 0 Å². The first-order valence-corrected chi connectivity index (χ1v) is 3.90. The van der Waals surface area contributed by atoms with Crippen molar-refractivity contribution < 1.29 is 9.90 Å². The van der Waals surface area contributed by atoms with Crippen molar-refractivity contribution in [3.63, 3.8) is 0 Å². The zero-order valence-corrected chi connectivity index (χ0v) is 6.34. The van der Waals surface area contributed by atoms with Gasteiger partial charge in [-0.25, -0.2) is 0 Å². The lowest BCUT2D eigenvalue weighted by Gasteiger charge is -2.03. The normalized spacial score (nSPS) is 32.5. The zero-order valence-electron chi connectivity index (χ0n) is 6.34. The smallest absolute Gasteiger partial charge is 0.303 e. The molecule has 0 heterocycles. The highest BCUT2D eigenvalue weighted by atomic mass is 16.4. The monoisotopic (exact) mass is 142 g/mol. The van der Waals surface area contributed by atoms with Gasteiger partial charge < -0.3 is 5.11 Å². The van der Waals surface area contributed by atoms with Gasteiger partial charge in [0.25, 0.3) is 0 Å². The Labute approximate surface area is 61.2 Å². The number of aliphatic carboxylic acids is 1. The van der Waals surface area contributed by atoms with Crippen molar-refractivity contribution in [2.24, 2.45) is 11.8 Å². The molecule has 0 spiro atoms. The highest BCUT2D eigenvalue weighted by molar-refractivity contribution is 5.67. The molecule has 1 rings (SSSR count). The van der Waals surface area contributed by atoms with Gasteiger partial charge in [0.1, 0.15) is 0 Å². The van der Waals surface area contributed by atoms with Gasteiger partial charge in [-0.1, -0.05) is 13.3 Å². The van der Waals surface area contributed by atoms with Gasteiger partial charge in [-0.2, -0.15) is 0 Å². The van der Waals surface area contributed by atoms with E-state index in [9.17, 15) is 4.79 Å². The lowest BCUT2D eigenvalue weighted by atomic mass is 10.0. The zero-order chi connectivity index (χ0) is 7.56. The van der Waals surface area contributed by atoms with Gasteiger partial charge in [0.15, 0.2) is 0 Å². The fourth-order valence-corrected chi connectivity index (χ4v) is 1.76. The summed E-state index contributed by atoms with van der Waals surface area (Å²) in [5.41, 5.74) is 0. The molecule has 0 aliphatic heterocycles. The standard InChI is InChI=1S/C8H14O2/c1-6-2-3-7(4-6)5-8(9)10/h6-7H,2-5H2,1H3,(H,9,10)/t6-,7-/m1/s1. The Hall–Kier alpha value is -0.530. The van der Waals surface area contributed by atoms with Crippen molar-refractivity contribution in [3.8, 4) is 0 Å². The Morgan fingerprint density at radius 2 is 2.30 bits per heavy atom. The number of carbonyl (C=O) groups is 1. The fourth-order valence-electron chi connectivity index (χ4n) is 1.76. The molecule has 0 aromatic carbocycles. The molecule has 0 unspecified atom stereocenters. The molecule has 1 N–H and O–H groups in total. The van der Waals surface area contributed by atoms with Crippen LogP contribution in [0.25, 0.3) is 0 Å². The van der Waals surface area contributed by atoms with Gasteiger partial charge in [0.05, 0.1) is 0 Å². The summed E-state index contributed by atoms with van der Waals surface area (Å²) in [7, 11) is 0. The maximum Gasteiger partial charge on any atom is 0.303 e. The first kappa shape index (κ1) is 7.58. The first-order chi connectivity index (χ1) is 4.68. The van der Waals surface area contributed by atoms with E-state index in [-0.39, 0.29) is 0 Å². The maximum absolute atomic E-state index is 10.3. The number of hydrogen-bond donors (Lipinski definition) is 1. The van der Waals surface area contributed by atoms with Gasteiger partial charge in [0.2, 0.25) is 0 Å². The minimum absolute atomic E-state index is 0.379. The third-order valence-electron chi connectivity index (χ3n) is 2.27. The van der Waals surface area contributed by atoms with E-state index in [0.29, 0.717) is 12.3 Å². The molecule has 0 amide bonds. The molecule has 2 nitrogen and oxygen atoms in total. The van der Waals surface area contributed by atoms with Gasteiger partial charge in [0, 0.05) is 6.42 Å². The van der Waals surface area contributed by atoms with Crippen LogP contribution in [0.3, 0.4) is 0 Å². The molecule has 2 atom stereocenters. The molecule has 1 aliphatic carbocycles. The van der Waals surface area contributed by atoms with Crippen molar-refractivity contribution in [2.75, 3.05) is 0 Å². The molecule has 0 aromatic rings. The lowest BCUT2D eigenvalue weighted by molar-refractivity contribution is -0.138. The van der Waals surface area contributed by atoms with E-state index in [1.807, 2.05) is 0 Å². The third kappa shape index (κ3) is 2.01. The molecule has 0 radical (unpaired) electrons. The second kappa shape index (κ2) is 3.04. The van der Waals surface area contributed by atoms with Crippen LogP contribution in [0.5, 0.6) is 0 Å². The molecule has 1 saturated carbocycles. The number of carboxylic acid groups (broad SMARTS) is 1. The van der Waals surface area contributed by atoms with E-state index in [2.05, 4.69) is 6.92 Å². The summed E-state index contributed by atoms with van der Waals surface area (Å²) >= 11 is 0. The fraction of sp³-hybridized carbons (Fsp3) is 0.875. The van der Waals surface area contributed by atoms with Crippen molar-refractivity contribution >= 4 is 5.97 Å². The summed E-state index contributed by atoms with van der Waals surface area (Å²) in [6.07, 6.45) is 3.84. The Morgan fingerprint density at radius 3 is 2.70 bits per heavy atom. The van der Waals surface area contributed by atoms with Gasteiger partial charge in [-0.15, -0.1) is 0 Å². The second-order valence-corrected chi connectivity index (χ2v) is 3.38. The van der Waals surface area contributed by atoms with Gasteiger partial charge >= 0.3 is 5.97 Å². The largest absolute Gasteiger partial charge is 0.481 e. The Kier molecular flexibility index (Phi) is 2.30. The summed E-state index contributed by atoms with van der Waals surface area (Å²) in [4.78, 5) is 10.3. The van der Waals surface area contributed by atoms with Crippen LogP contribution in [0.4, 0.5) is 0 Å². The molecule has 1 fully saturated rings. The van der Waals surface area contributed by atoms with Crippen molar-refractivity contribution in [1.82, 2.24) is 0 Å². The van der Waals surface area contributed by atoms with E-state index in [0.717, 1.165) is 18.8 Å². The quantitative estimate of drug-likeness (QED) is 0.639. The number of carboxylic acids is 1. The van der Waals surface area contributed by atoms with Gasteiger partial charge in [-0.3, -0.25) is 4.79 Å². The Morgan fingerprint density at radius 1 is 1.60 bits per heavy atom. The summed E-state index contributed by atoms with van der Waals surface area (Å²) in [6, 6.07) is 0. The first-order valence-electron chi connectivity index (χ1n) is 3.90. The second-order valence-electron chi connectivity index (χ2n) is 3.38. The van der Waals surface area contributed by atoms with Crippen LogP contribution in [-0.2, 0) is 4.79 Å². The van der Waals surface area contributed by atoms with Crippen LogP contribution in [0.1, 0.15) is 32.6 Å². The minimum atomic E-state index is -0.640. The topological polar surface area (TPSA) is 37.3 Å². The van der Waals surface area contributed by atoms with Crippen molar-refractivity contribution in [3.05, 3.63) is 0 Å². The summed E-state index contributed by atoms with van der Waals surface area (Å²) in [5, 5.41) is 8.46. The molecule has 0 saturated heterocycles. The molecular weight excluding hydrogens is 128 g/mol. The van der Waals surface area contributed by atoms with Crippen LogP contribution < -0.4 is 0 Å². The van der Waals surface area contributed by atoms with E-state index in [4.69, 9.17) is 5.11 Å². The van der Waals surface area contributed by atoms with Crippen molar-refractivity contribution in [2.45, 2.75) is 32.6 Å². The molecule has 58 valence electrons. The molecule has 0 aromatic heterocycles. The Balaban J connectivity index is 2.24. The maximum atomic E-state index is 10.3. The van der Waals surface area contributed by atoms with Crippen molar-refractivity contribution in [1.29, 1.82) is 0 Å². The van der Waals surface area contributed by atoms with Crippen LogP contribution in [0.2, 0.25) is 0 Å². The molecule has 1 aliphatic rings. The average Bonchev–Trinajstić information content (AvgIpc) is 2.13. The van der Waals surface area contributed by atoms with E-state index < -0.39 is 5.97 Å². The third-order valence-corrected chi connectivity index (χ3v) is 2.27. The molecule has 10 heavy (non-hydrogen) atoms. The molecule has 0 bridgehead atoms. The summed E-state index contributed by atoms with van der Waals surface area (Å²) < 4.78 is 0. The van der Waals surface area contributed by atoms with E-state index in [1.165, 1.54) is 6.42 Å². The summed E-state index contributed by atoms with van der Waals surface area (Å²) in [5.74, 6) is 0.580. The number of hydrogen-bond acceptors (Lipinski definition) is 1. The van der Waals surface area contributed by atoms with Crippen LogP contribution in [-0.4, -0.2) is 11.1 Å². The SMILES string of the molecule is C[C@@H]1CC[C@@H](CC(=O)O)C1. The number of rotatable bonds is 2. The molecule has 2 heteroatoms. The predicted octanol–water partition coefficient (Wildman–Crippen LogP) is 1.90. The minimum Gasteiger partial charge on any atom is -0.481 e. The van der Waals surface area contributed by atoms with Crippen LogP contribution in [0.15, 0.2) is 0 Å².